The second kappa shape index (κ2) is 7.00. The highest BCUT2D eigenvalue weighted by atomic mass is 32.2. The van der Waals surface area contributed by atoms with E-state index in [1.165, 1.54) is 12.1 Å². The molecule has 2 atom stereocenters. The molecule has 3 rings (SSSR count). The number of sulfonamides is 1. The summed E-state index contributed by atoms with van der Waals surface area (Å²) in [7, 11) is -3.66. The van der Waals surface area contributed by atoms with Crippen molar-refractivity contribution in [3.8, 4) is 0 Å². The van der Waals surface area contributed by atoms with Gasteiger partial charge in [0.15, 0.2) is 0 Å². The second-order valence-electron chi connectivity index (χ2n) is 7.13. The van der Waals surface area contributed by atoms with Crippen molar-refractivity contribution in [2.24, 2.45) is 17.8 Å². The molecule has 142 valence electrons. The number of carbonyl (C=O) groups excluding carboxylic acids is 1. The van der Waals surface area contributed by atoms with Gasteiger partial charge in [0.1, 0.15) is 0 Å². The molecular weight excluding hydrogens is 356 g/mol. The van der Waals surface area contributed by atoms with Gasteiger partial charge < -0.3 is 10.0 Å². The second-order valence-corrected chi connectivity index (χ2v) is 8.90. The van der Waals surface area contributed by atoms with Gasteiger partial charge in [0.05, 0.1) is 10.8 Å². The number of aryl methyl sites for hydroxylation is 1. The number of carboxylic acids is 1. The van der Waals surface area contributed by atoms with Gasteiger partial charge in [0.2, 0.25) is 10.0 Å². The molecule has 1 saturated heterocycles. The first kappa shape index (κ1) is 18.8. The molecule has 1 aromatic carbocycles. The van der Waals surface area contributed by atoms with Crippen molar-refractivity contribution >= 4 is 21.9 Å². The fourth-order valence-corrected chi connectivity index (χ4v) is 4.77. The summed E-state index contributed by atoms with van der Waals surface area (Å²) < 4.78 is 26.8. The Morgan fingerprint density at radius 1 is 1.27 bits per heavy atom. The number of amides is 1. The number of hydrogen-bond donors (Lipinski definition) is 2. The Labute approximate surface area is 153 Å². The third-order valence-electron chi connectivity index (χ3n) is 5.28. The minimum Gasteiger partial charge on any atom is -0.481 e. The van der Waals surface area contributed by atoms with Crippen LogP contribution >= 0.6 is 0 Å². The first-order valence-corrected chi connectivity index (χ1v) is 10.3. The Morgan fingerprint density at radius 2 is 1.96 bits per heavy atom. The van der Waals surface area contributed by atoms with E-state index in [2.05, 4.69) is 4.72 Å². The van der Waals surface area contributed by atoms with Crippen LogP contribution in [0.1, 0.15) is 35.7 Å². The van der Waals surface area contributed by atoms with Crippen molar-refractivity contribution in [3.05, 3.63) is 29.3 Å². The Kier molecular flexibility index (Phi) is 5.07. The SMILES string of the molecule is CCNS(=O)(=O)c1ccc(C)c(C(=O)N2C[C@H](C(=O)O)[C@@H](C3CC3)C2)c1. The predicted octanol–water partition coefficient (Wildman–Crippen LogP) is 1.48. The van der Waals surface area contributed by atoms with Gasteiger partial charge in [-0.15, -0.1) is 0 Å². The van der Waals surface area contributed by atoms with Crippen molar-refractivity contribution in [3.63, 3.8) is 0 Å². The highest BCUT2D eigenvalue weighted by molar-refractivity contribution is 7.89. The van der Waals surface area contributed by atoms with Crippen molar-refractivity contribution in [2.45, 2.75) is 31.6 Å². The number of rotatable bonds is 6. The number of likely N-dealkylation sites (tertiary alicyclic amines) is 1. The summed E-state index contributed by atoms with van der Waals surface area (Å²) in [6.07, 6.45) is 2.04. The fourth-order valence-electron chi connectivity index (χ4n) is 3.70. The van der Waals surface area contributed by atoms with Crippen molar-refractivity contribution in [2.75, 3.05) is 19.6 Å². The van der Waals surface area contributed by atoms with Crippen LogP contribution in [0, 0.1) is 24.7 Å². The summed E-state index contributed by atoms with van der Waals surface area (Å²) in [5.74, 6) is -1.33. The lowest BCUT2D eigenvalue weighted by Gasteiger charge is -2.18. The number of carbonyl (C=O) groups is 2. The molecular formula is C18H24N2O5S. The summed E-state index contributed by atoms with van der Waals surface area (Å²) >= 11 is 0. The molecule has 8 heteroatoms. The normalized spacial score (nSPS) is 23.2. The summed E-state index contributed by atoms with van der Waals surface area (Å²) in [5.41, 5.74) is 0.983. The molecule has 1 saturated carbocycles. The molecule has 7 nitrogen and oxygen atoms in total. The van der Waals surface area contributed by atoms with Crippen LogP contribution < -0.4 is 4.72 Å². The molecule has 0 bridgehead atoms. The minimum absolute atomic E-state index is 0.00886. The highest BCUT2D eigenvalue weighted by Crippen LogP contribution is 2.44. The lowest BCUT2D eigenvalue weighted by Crippen LogP contribution is -2.31. The number of aliphatic carboxylic acids is 1. The molecule has 0 aromatic heterocycles. The molecule has 1 aromatic rings. The fraction of sp³-hybridized carbons (Fsp3) is 0.556. The number of carboxylic acid groups (broad SMARTS) is 1. The van der Waals surface area contributed by atoms with Gasteiger partial charge >= 0.3 is 5.97 Å². The van der Waals surface area contributed by atoms with Gasteiger partial charge in [-0.3, -0.25) is 9.59 Å². The Hall–Kier alpha value is -1.93. The maximum absolute atomic E-state index is 13.0. The zero-order valence-electron chi connectivity index (χ0n) is 14.9. The van der Waals surface area contributed by atoms with E-state index in [0.717, 1.165) is 12.8 Å². The molecule has 2 fully saturated rings. The average Bonchev–Trinajstić information content (AvgIpc) is 3.32. The molecule has 26 heavy (non-hydrogen) atoms. The van der Waals surface area contributed by atoms with E-state index >= 15 is 0 Å². The molecule has 1 aliphatic carbocycles. The number of nitrogens with zero attached hydrogens (tertiary/aromatic N) is 1. The number of nitrogens with one attached hydrogen (secondary N) is 1. The third kappa shape index (κ3) is 3.61. The van der Waals surface area contributed by atoms with Gasteiger partial charge in [0.25, 0.3) is 5.91 Å². The van der Waals surface area contributed by atoms with Crippen molar-refractivity contribution in [1.29, 1.82) is 0 Å². The van der Waals surface area contributed by atoms with Crippen LogP contribution in [0.4, 0.5) is 0 Å². The summed E-state index contributed by atoms with van der Waals surface area (Å²) in [6, 6.07) is 4.47. The van der Waals surface area contributed by atoms with E-state index < -0.39 is 21.9 Å². The maximum Gasteiger partial charge on any atom is 0.308 e. The van der Waals surface area contributed by atoms with E-state index in [-0.39, 0.29) is 29.8 Å². The quantitative estimate of drug-likeness (QED) is 0.778. The van der Waals surface area contributed by atoms with Crippen LogP contribution in [0.3, 0.4) is 0 Å². The lowest BCUT2D eigenvalue weighted by molar-refractivity contribution is -0.142. The van der Waals surface area contributed by atoms with Gasteiger partial charge in [-0.2, -0.15) is 0 Å². The van der Waals surface area contributed by atoms with Gasteiger partial charge in [-0.25, -0.2) is 13.1 Å². The summed E-state index contributed by atoms with van der Waals surface area (Å²) in [5, 5.41) is 9.47. The minimum atomic E-state index is -3.66. The van der Waals surface area contributed by atoms with Gasteiger partial charge in [-0.05, 0) is 49.3 Å². The number of benzene rings is 1. The van der Waals surface area contributed by atoms with Crippen LogP contribution in [0.15, 0.2) is 23.1 Å². The average molecular weight is 380 g/mol. The molecule has 1 amide bonds. The molecule has 2 aliphatic rings. The Bertz CT molecular complexity index is 832. The zero-order valence-corrected chi connectivity index (χ0v) is 15.8. The monoisotopic (exact) mass is 380 g/mol. The van der Waals surface area contributed by atoms with Gasteiger partial charge in [0, 0.05) is 25.2 Å². The first-order chi connectivity index (χ1) is 12.2. The van der Waals surface area contributed by atoms with E-state index in [0.29, 0.717) is 23.6 Å². The van der Waals surface area contributed by atoms with Crippen LogP contribution in [0.25, 0.3) is 0 Å². The van der Waals surface area contributed by atoms with Crippen LogP contribution in [-0.2, 0) is 14.8 Å². The predicted molar refractivity (Wildman–Crippen MR) is 95.3 cm³/mol. The lowest BCUT2D eigenvalue weighted by atomic mass is 9.92. The maximum atomic E-state index is 13.0. The van der Waals surface area contributed by atoms with Gasteiger partial charge in [-0.1, -0.05) is 13.0 Å². The third-order valence-corrected chi connectivity index (χ3v) is 6.82. The molecule has 1 heterocycles. The summed E-state index contributed by atoms with van der Waals surface area (Å²) in [6.45, 7) is 4.30. The van der Waals surface area contributed by atoms with Crippen LogP contribution in [0.2, 0.25) is 0 Å². The van der Waals surface area contributed by atoms with E-state index in [4.69, 9.17) is 0 Å². The standard InChI is InChI=1S/C18H24N2O5S/c1-3-19-26(24,25)13-7-4-11(2)14(8-13)17(21)20-9-15(12-5-6-12)16(10-20)18(22)23/h4,7-8,12,15-16,19H,3,5-6,9-10H2,1-2H3,(H,22,23)/t15-,16+/m1/s1. The van der Waals surface area contributed by atoms with Crippen molar-refractivity contribution in [1.82, 2.24) is 9.62 Å². The Morgan fingerprint density at radius 3 is 2.54 bits per heavy atom. The molecule has 0 radical (unpaired) electrons. The van der Waals surface area contributed by atoms with E-state index in [1.54, 1.807) is 24.8 Å². The first-order valence-electron chi connectivity index (χ1n) is 8.87. The van der Waals surface area contributed by atoms with E-state index in [1.807, 2.05) is 0 Å². The number of hydrogen-bond acceptors (Lipinski definition) is 4. The zero-order chi connectivity index (χ0) is 19.1. The van der Waals surface area contributed by atoms with E-state index in [9.17, 15) is 23.1 Å². The molecule has 0 unspecified atom stereocenters. The highest BCUT2D eigenvalue weighted by Gasteiger charge is 2.47. The van der Waals surface area contributed by atoms with Crippen molar-refractivity contribution < 1.29 is 23.1 Å². The summed E-state index contributed by atoms with van der Waals surface area (Å²) in [4.78, 5) is 26.1. The molecule has 2 N–H and O–H groups in total. The Balaban J connectivity index is 1.87. The molecule has 0 spiro atoms. The topological polar surface area (TPSA) is 104 Å². The smallest absolute Gasteiger partial charge is 0.308 e. The van der Waals surface area contributed by atoms with Crippen LogP contribution in [-0.4, -0.2) is 49.9 Å². The molecule has 1 aliphatic heterocycles. The van der Waals surface area contributed by atoms with Crippen LogP contribution in [0.5, 0.6) is 0 Å². The largest absolute Gasteiger partial charge is 0.481 e.